The van der Waals surface area contributed by atoms with Gasteiger partial charge in [-0.15, -0.1) is 0 Å². The summed E-state index contributed by atoms with van der Waals surface area (Å²) >= 11 is 0. The second-order valence-electron chi connectivity index (χ2n) is 7.74. The van der Waals surface area contributed by atoms with Gasteiger partial charge in [-0.25, -0.2) is 4.79 Å². The number of H-pyrrole nitrogens is 1. The van der Waals surface area contributed by atoms with Crippen LogP contribution in [0, 0.1) is 11.8 Å². The van der Waals surface area contributed by atoms with Crippen LogP contribution in [0.2, 0.25) is 0 Å². The molecule has 0 fully saturated rings. The molecule has 1 aliphatic heterocycles. The molecule has 6 heteroatoms. The predicted octanol–water partition coefficient (Wildman–Crippen LogP) is 3.57. The number of carbonyl (C=O) groups is 2. The summed E-state index contributed by atoms with van der Waals surface area (Å²) in [4.78, 5) is 31.5. The SMILES string of the molecule is CC[C@@H]1CN(C)CCc2c([nH]c3ccccc23)C(=O)C[C@@H]1/C(=C/OC)C(=O)OC. The Bertz CT molecular complexity index is 915. The van der Waals surface area contributed by atoms with E-state index in [1.54, 1.807) is 0 Å². The summed E-state index contributed by atoms with van der Waals surface area (Å²) < 4.78 is 10.2. The van der Waals surface area contributed by atoms with E-state index >= 15 is 0 Å². The van der Waals surface area contributed by atoms with Crippen LogP contribution in [0.15, 0.2) is 36.1 Å². The van der Waals surface area contributed by atoms with Gasteiger partial charge in [0, 0.05) is 36.3 Å². The van der Waals surface area contributed by atoms with E-state index in [9.17, 15) is 9.59 Å². The maximum Gasteiger partial charge on any atom is 0.337 e. The lowest BCUT2D eigenvalue weighted by molar-refractivity contribution is -0.137. The number of nitrogens with one attached hydrogen (secondary N) is 1. The van der Waals surface area contributed by atoms with Crippen LogP contribution in [0.1, 0.15) is 35.8 Å². The second kappa shape index (κ2) is 9.27. The highest BCUT2D eigenvalue weighted by atomic mass is 16.5. The van der Waals surface area contributed by atoms with Gasteiger partial charge in [0.1, 0.15) is 0 Å². The van der Waals surface area contributed by atoms with E-state index in [-0.39, 0.29) is 24.0 Å². The molecule has 0 aliphatic carbocycles. The standard InChI is InChI=1S/C23H30N2O4/c1-5-15-13-25(2)11-10-17-16-8-6-7-9-20(16)24-22(17)21(26)12-18(15)19(14-28-3)23(27)29-4/h6-9,14-15,18,24H,5,10-13H2,1-4H3/b19-14-/t15-,18+/m1/s1. The first-order chi connectivity index (χ1) is 14.0. The molecule has 1 aromatic carbocycles. The number of aromatic nitrogens is 1. The third kappa shape index (κ3) is 4.37. The average molecular weight is 399 g/mol. The van der Waals surface area contributed by atoms with Crippen molar-refractivity contribution in [2.75, 3.05) is 34.4 Å². The van der Waals surface area contributed by atoms with Gasteiger partial charge in [-0.2, -0.15) is 0 Å². The van der Waals surface area contributed by atoms with Crippen LogP contribution < -0.4 is 0 Å². The molecule has 156 valence electrons. The van der Waals surface area contributed by atoms with Crippen molar-refractivity contribution in [2.45, 2.75) is 26.2 Å². The van der Waals surface area contributed by atoms with E-state index in [1.165, 1.54) is 20.5 Å². The molecular formula is C23H30N2O4. The maximum atomic E-state index is 13.4. The lowest BCUT2D eigenvalue weighted by Gasteiger charge is -2.31. The van der Waals surface area contributed by atoms with Crippen molar-refractivity contribution in [1.29, 1.82) is 0 Å². The first-order valence-corrected chi connectivity index (χ1v) is 10.1. The summed E-state index contributed by atoms with van der Waals surface area (Å²) in [6, 6.07) is 8.01. The smallest absolute Gasteiger partial charge is 0.337 e. The molecule has 0 bridgehead atoms. The van der Waals surface area contributed by atoms with E-state index in [2.05, 4.69) is 29.9 Å². The number of esters is 1. The van der Waals surface area contributed by atoms with Gasteiger partial charge in [0.2, 0.25) is 0 Å². The van der Waals surface area contributed by atoms with Crippen molar-refractivity contribution in [3.05, 3.63) is 47.4 Å². The molecule has 0 saturated carbocycles. The molecule has 0 radical (unpaired) electrons. The zero-order valence-electron chi connectivity index (χ0n) is 17.7. The number of rotatable bonds is 4. The largest absolute Gasteiger partial charge is 0.504 e. The first kappa shape index (κ1) is 21.1. The summed E-state index contributed by atoms with van der Waals surface area (Å²) in [7, 11) is 4.96. The van der Waals surface area contributed by atoms with Crippen molar-refractivity contribution >= 4 is 22.7 Å². The highest BCUT2D eigenvalue weighted by Crippen LogP contribution is 2.33. The summed E-state index contributed by atoms with van der Waals surface area (Å²) in [5, 5.41) is 1.09. The lowest BCUT2D eigenvalue weighted by atomic mass is 9.79. The number of ether oxygens (including phenoxy) is 2. The number of para-hydroxylation sites is 1. The lowest BCUT2D eigenvalue weighted by Crippen LogP contribution is -2.35. The molecule has 0 amide bonds. The monoisotopic (exact) mass is 398 g/mol. The fraction of sp³-hybridized carbons (Fsp3) is 0.478. The van der Waals surface area contributed by atoms with E-state index < -0.39 is 5.97 Å². The number of methoxy groups -OCH3 is 2. The number of ketones is 1. The fourth-order valence-electron chi connectivity index (χ4n) is 4.40. The van der Waals surface area contributed by atoms with Gasteiger partial charge < -0.3 is 19.4 Å². The molecule has 3 rings (SSSR count). The average Bonchev–Trinajstić information content (AvgIpc) is 3.11. The third-order valence-corrected chi connectivity index (χ3v) is 5.95. The highest BCUT2D eigenvalue weighted by molar-refractivity contribution is 6.03. The minimum atomic E-state index is -0.445. The Morgan fingerprint density at radius 3 is 2.76 bits per heavy atom. The minimum Gasteiger partial charge on any atom is -0.504 e. The Morgan fingerprint density at radius 2 is 2.07 bits per heavy atom. The Morgan fingerprint density at radius 1 is 1.31 bits per heavy atom. The van der Waals surface area contributed by atoms with Gasteiger partial charge in [-0.05, 0) is 31.0 Å². The topological polar surface area (TPSA) is 71.6 Å². The number of nitrogens with zero attached hydrogens (tertiary/aromatic N) is 1. The van der Waals surface area contributed by atoms with Gasteiger partial charge in [0.05, 0.1) is 31.7 Å². The van der Waals surface area contributed by atoms with Crippen LogP contribution in [0.3, 0.4) is 0 Å². The molecule has 2 aromatic rings. The number of likely N-dealkylation sites (N-methyl/N-ethyl adjacent to an activating group) is 1. The van der Waals surface area contributed by atoms with Gasteiger partial charge in [-0.1, -0.05) is 31.5 Å². The predicted molar refractivity (Wildman–Crippen MR) is 113 cm³/mol. The number of aromatic amines is 1. The van der Waals surface area contributed by atoms with Gasteiger partial charge in [0.25, 0.3) is 0 Å². The molecule has 1 aromatic heterocycles. The van der Waals surface area contributed by atoms with Crippen LogP contribution in [0.5, 0.6) is 0 Å². The maximum absolute atomic E-state index is 13.4. The molecule has 29 heavy (non-hydrogen) atoms. The Kier molecular flexibility index (Phi) is 6.75. The van der Waals surface area contributed by atoms with Crippen molar-refractivity contribution in [3.63, 3.8) is 0 Å². The molecule has 1 aliphatic rings. The van der Waals surface area contributed by atoms with E-state index in [0.717, 1.165) is 42.4 Å². The number of fused-ring (bicyclic) bond motifs is 3. The number of hydrogen-bond donors (Lipinski definition) is 1. The Hall–Kier alpha value is -2.60. The quantitative estimate of drug-likeness (QED) is 0.484. The minimum absolute atomic E-state index is 0.0232. The van der Waals surface area contributed by atoms with Crippen LogP contribution in [0.25, 0.3) is 10.9 Å². The molecule has 2 heterocycles. The molecule has 6 nitrogen and oxygen atoms in total. The second-order valence-corrected chi connectivity index (χ2v) is 7.74. The zero-order valence-corrected chi connectivity index (χ0v) is 17.7. The number of benzene rings is 1. The summed E-state index contributed by atoms with van der Waals surface area (Å²) in [6.45, 7) is 3.73. The van der Waals surface area contributed by atoms with Gasteiger partial charge in [-0.3, -0.25) is 4.79 Å². The highest BCUT2D eigenvalue weighted by Gasteiger charge is 2.34. The van der Waals surface area contributed by atoms with E-state index in [0.29, 0.717) is 11.3 Å². The fourth-order valence-corrected chi connectivity index (χ4v) is 4.40. The summed E-state index contributed by atoms with van der Waals surface area (Å²) in [5.41, 5.74) is 3.10. The van der Waals surface area contributed by atoms with E-state index in [4.69, 9.17) is 9.47 Å². The Labute approximate surface area is 171 Å². The van der Waals surface area contributed by atoms with Gasteiger partial charge in [0.15, 0.2) is 5.78 Å². The van der Waals surface area contributed by atoms with Crippen LogP contribution in [-0.2, 0) is 20.7 Å². The molecule has 0 unspecified atom stereocenters. The van der Waals surface area contributed by atoms with Crippen LogP contribution >= 0.6 is 0 Å². The Balaban J connectivity index is 2.09. The third-order valence-electron chi connectivity index (χ3n) is 5.95. The first-order valence-electron chi connectivity index (χ1n) is 10.1. The summed E-state index contributed by atoms with van der Waals surface area (Å²) in [5.74, 6) is -0.565. The molecule has 0 spiro atoms. The van der Waals surface area contributed by atoms with Crippen molar-refractivity contribution in [1.82, 2.24) is 9.88 Å². The number of carbonyl (C=O) groups excluding carboxylic acids is 2. The molecular weight excluding hydrogens is 368 g/mol. The summed E-state index contributed by atoms with van der Waals surface area (Å²) in [6.07, 6.45) is 3.32. The molecule has 0 saturated heterocycles. The normalized spacial score (nSPS) is 21.7. The van der Waals surface area contributed by atoms with Crippen molar-refractivity contribution in [2.24, 2.45) is 11.8 Å². The van der Waals surface area contributed by atoms with Gasteiger partial charge >= 0.3 is 5.97 Å². The molecule has 2 atom stereocenters. The van der Waals surface area contributed by atoms with Crippen LogP contribution in [0.4, 0.5) is 0 Å². The zero-order chi connectivity index (χ0) is 21.0. The molecule has 1 N–H and O–H groups in total. The number of hydrogen-bond acceptors (Lipinski definition) is 5. The van der Waals surface area contributed by atoms with Crippen molar-refractivity contribution in [3.8, 4) is 0 Å². The van der Waals surface area contributed by atoms with Crippen molar-refractivity contribution < 1.29 is 19.1 Å². The number of Topliss-reactive ketones (excluding diaryl/α,β-unsaturated/α-hetero) is 1. The van der Waals surface area contributed by atoms with E-state index in [1.807, 2.05) is 18.2 Å². The van der Waals surface area contributed by atoms with Crippen LogP contribution in [-0.4, -0.2) is 56.0 Å².